The smallest absolute Gasteiger partial charge is 0.352 e. The third-order valence-electron chi connectivity index (χ3n) is 2.71. The van der Waals surface area contributed by atoms with Gasteiger partial charge in [0.05, 0.1) is 0 Å². The van der Waals surface area contributed by atoms with Crippen LogP contribution in [0.1, 0.15) is 16.1 Å². The van der Waals surface area contributed by atoms with Crippen molar-refractivity contribution in [3.8, 4) is 0 Å². The highest BCUT2D eigenvalue weighted by atomic mass is 32.2. The standard InChI is InChI=1S/C14H15NO2S/c1-11-7-8-15(13(11)14(16)17)9-10-18-12-5-3-2-4-6-12/h2-8H,9-10H2,1H3,(H,16,17). The summed E-state index contributed by atoms with van der Waals surface area (Å²) in [4.78, 5) is 12.3. The Kier molecular flexibility index (Phi) is 4.10. The quantitative estimate of drug-likeness (QED) is 0.840. The third-order valence-corrected chi connectivity index (χ3v) is 3.70. The molecule has 0 saturated heterocycles. The zero-order chi connectivity index (χ0) is 13.0. The van der Waals surface area contributed by atoms with Crippen molar-refractivity contribution in [2.75, 3.05) is 5.75 Å². The van der Waals surface area contributed by atoms with E-state index in [4.69, 9.17) is 5.11 Å². The van der Waals surface area contributed by atoms with Crippen LogP contribution in [0.4, 0.5) is 0 Å². The second-order valence-electron chi connectivity index (χ2n) is 4.01. The molecule has 1 aromatic carbocycles. The lowest BCUT2D eigenvalue weighted by molar-refractivity contribution is 0.0684. The maximum absolute atomic E-state index is 11.1. The SMILES string of the molecule is Cc1ccn(CCSc2ccccc2)c1C(=O)O. The maximum Gasteiger partial charge on any atom is 0.352 e. The Bertz CT molecular complexity index is 534. The van der Waals surface area contributed by atoms with Crippen LogP contribution in [-0.2, 0) is 6.54 Å². The molecule has 1 heterocycles. The summed E-state index contributed by atoms with van der Waals surface area (Å²) in [7, 11) is 0. The highest BCUT2D eigenvalue weighted by Crippen LogP contribution is 2.18. The molecule has 0 aliphatic carbocycles. The lowest BCUT2D eigenvalue weighted by Gasteiger charge is -2.06. The van der Waals surface area contributed by atoms with Gasteiger partial charge < -0.3 is 9.67 Å². The van der Waals surface area contributed by atoms with Gasteiger partial charge in [-0.2, -0.15) is 0 Å². The van der Waals surface area contributed by atoms with Gasteiger partial charge in [0, 0.05) is 23.4 Å². The summed E-state index contributed by atoms with van der Waals surface area (Å²) in [5, 5.41) is 9.12. The highest BCUT2D eigenvalue weighted by molar-refractivity contribution is 7.99. The van der Waals surface area contributed by atoms with Crippen molar-refractivity contribution in [3.05, 3.63) is 53.9 Å². The van der Waals surface area contributed by atoms with E-state index < -0.39 is 5.97 Å². The Labute approximate surface area is 110 Å². The molecule has 94 valence electrons. The number of nitrogens with zero attached hydrogens (tertiary/aromatic N) is 1. The van der Waals surface area contributed by atoms with Gasteiger partial charge in [0.2, 0.25) is 0 Å². The number of rotatable bonds is 5. The number of carbonyl (C=O) groups is 1. The molecule has 0 bridgehead atoms. The molecule has 18 heavy (non-hydrogen) atoms. The summed E-state index contributed by atoms with van der Waals surface area (Å²) in [6, 6.07) is 12.0. The van der Waals surface area contributed by atoms with Crippen LogP contribution >= 0.6 is 11.8 Å². The molecule has 2 aromatic rings. The third kappa shape index (κ3) is 2.96. The van der Waals surface area contributed by atoms with Crippen LogP contribution in [0.25, 0.3) is 0 Å². The van der Waals surface area contributed by atoms with Gasteiger partial charge in [-0.3, -0.25) is 0 Å². The van der Waals surface area contributed by atoms with E-state index in [2.05, 4.69) is 12.1 Å². The van der Waals surface area contributed by atoms with E-state index in [0.717, 1.165) is 11.3 Å². The Morgan fingerprint density at radius 1 is 1.28 bits per heavy atom. The summed E-state index contributed by atoms with van der Waals surface area (Å²) in [6.45, 7) is 2.53. The Morgan fingerprint density at radius 2 is 2.00 bits per heavy atom. The van der Waals surface area contributed by atoms with Crippen molar-refractivity contribution >= 4 is 17.7 Å². The van der Waals surface area contributed by atoms with Gasteiger partial charge in [0.15, 0.2) is 0 Å². The topological polar surface area (TPSA) is 42.2 Å². The molecule has 1 N–H and O–H groups in total. The summed E-state index contributed by atoms with van der Waals surface area (Å²) in [5.41, 5.74) is 1.20. The number of aryl methyl sites for hydroxylation is 2. The highest BCUT2D eigenvalue weighted by Gasteiger charge is 2.12. The molecule has 2 rings (SSSR count). The Balaban J connectivity index is 1.97. The van der Waals surface area contributed by atoms with E-state index in [9.17, 15) is 4.79 Å². The predicted molar refractivity (Wildman–Crippen MR) is 73.3 cm³/mol. The van der Waals surface area contributed by atoms with Crippen molar-refractivity contribution < 1.29 is 9.90 Å². The van der Waals surface area contributed by atoms with Crippen molar-refractivity contribution in [1.29, 1.82) is 0 Å². The van der Waals surface area contributed by atoms with Crippen molar-refractivity contribution in [1.82, 2.24) is 4.57 Å². The summed E-state index contributed by atoms with van der Waals surface area (Å²) >= 11 is 1.73. The van der Waals surface area contributed by atoms with Gasteiger partial charge in [-0.1, -0.05) is 18.2 Å². The van der Waals surface area contributed by atoms with E-state index in [1.807, 2.05) is 37.4 Å². The lowest BCUT2D eigenvalue weighted by atomic mass is 10.3. The number of benzene rings is 1. The molecular formula is C14H15NO2S. The molecule has 0 saturated carbocycles. The van der Waals surface area contributed by atoms with Crippen LogP contribution in [0.2, 0.25) is 0 Å². The Hall–Kier alpha value is -1.68. The van der Waals surface area contributed by atoms with Crippen LogP contribution in [0, 0.1) is 6.92 Å². The van der Waals surface area contributed by atoms with Crippen LogP contribution in [0.15, 0.2) is 47.5 Å². The molecule has 0 amide bonds. The number of hydrogen-bond donors (Lipinski definition) is 1. The molecule has 0 aliphatic rings. The predicted octanol–water partition coefficient (Wildman–Crippen LogP) is 3.29. The molecule has 0 radical (unpaired) electrons. The fourth-order valence-corrected chi connectivity index (χ4v) is 2.71. The molecule has 0 atom stereocenters. The minimum absolute atomic E-state index is 0.392. The second kappa shape index (κ2) is 5.78. The van der Waals surface area contributed by atoms with E-state index in [1.54, 1.807) is 16.3 Å². The van der Waals surface area contributed by atoms with Gasteiger partial charge in [-0.25, -0.2) is 4.79 Å². The van der Waals surface area contributed by atoms with Crippen molar-refractivity contribution in [3.63, 3.8) is 0 Å². The number of thioether (sulfide) groups is 1. The number of aromatic nitrogens is 1. The summed E-state index contributed by atoms with van der Waals surface area (Å²) in [5.74, 6) is 0.000473. The molecular weight excluding hydrogens is 246 g/mol. The van der Waals surface area contributed by atoms with Gasteiger partial charge in [-0.05, 0) is 30.7 Å². The zero-order valence-corrected chi connectivity index (χ0v) is 11.0. The van der Waals surface area contributed by atoms with E-state index >= 15 is 0 Å². The van der Waals surface area contributed by atoms with Gasteiger partial charge in [-0.15, -0.1) is 11.8 Å². The normalized spacial score (nSPS) is 10.5. The minimum Gasteiger partial charge on any atom is -0.477 e. The fourth-order valence-electron chi connectivity index (χ4n) is 1.84. The number of hydrogen-bond acceptors (Lipinski definition) is 2. The first-order valence-electron chi connectivity index (χ1n) is 5.75. The molecule has 4 heteroatoms. The molecule has 0 unspecified atom stereocenters. The fraction of sp³-hybridized carbons (Fsp3) is 0.214. The molecule has 0 fully saturated rings. The lowest BCUT2D eigenvalue weighted by Crippen LogP contribution is -2.10. The monoisotopic (exact) mass is 261 g/mol. The average molecular weight is 261 g/mol. The number of carboxylic acids is 1. The van der Waals surface area contributed by atoms with Crippen LogP contribution in [-0.4, -0.2) is 21.4 Å². The van der Waals surface area contributed by atoms with E-state index in [0.29, 0.717) is 12.2 Å². The minimum atomic E-state index is -0.859. The first-order chi connectivity index (χ1) is 8.68. The molecule has 3 nitrogen and oxygen atoms in total. The Morgan fingerprint density at radius 3 is 2.67 bits per heavy atom. The van der Waals surface area contributed by atoms with E-state index in [-0.39, 0.29) is 0 Å². The maximum atomic E-state index is 11.1. The van der Waals surface area contributed by atoms with Crippen LogP contribution < -0.4 is 0 Å². The van der Waals surface area contributed by atoms with Gasteiger partial charge in [0.1, 0.15) is 5.69 Å². The molecule has 1 aromatic heterocycles. The summed E-state index contributed by atoms with van der Waals surface area (Å²) < 4.78 is 1.80. The van der Waals surface area contributed by atoms with Gasteiger partial charge >= 0.3 is 5.97 Å². The number of aromatic carboxylic acids is 1. The van der Waals surface area contributed by atoms with Crippen molar-refractivity contribution in [2.45, 2.75) is 18.4 Å². The second-order valence-corrected chi connectivity index (χ2v) is 5.18. The first kappa shape index (κ1) is 12.8. The van der Waals surface area contributed by atoms with Crippen LogP contribution in [0.3, 0.4) is 0 Å². The van der Waals surface area contributed by atoms with Crippen molar-refractivity contribution in [2.24, 2.45) is 0 Å². The van der Waals surface area contributed by atoms with Crippen LogP contribution in [0.5, 0.6) is 0 Å². The molecule has 0 aliphatic heterocycles. The summed E-state index contributed by atoms with van der Waals surface area (Å²) in [6.07, 6.45) is 1.84. The first-order valence-corrected chi connectivity index (χ1v) is 6.74. The average Bonchev–Trinajstić information content (AvgIpc) is 2.72. The number of carboxylic acid groups (broad SMARTS) is 1. The molecule has 0 spiro atoms. The largest absolute Gasteiger partial charge is 0.477 e. The van der Waals surface area contributed by atoms with E-state index in [1.165, 1.54) is 4.90 Å². The van der Waals surface area contributed by atoms with Gasteiger partial charge in [0.25, 0.3) is 0 Å². The zero-order valence-electron chi connectivity index (χ0n) is 10.2.